The summed E-state index contributed by atoms with van der Waals surface area (Å²) in [6.07, 6.45) is 2.18. The Hall–Kier alpha value is -1.65. The molecule has 0 saturated carbocycles. The summed E-state index contributed by atoms with van der Waals surface area (Å²) in [5, 5.41) is 9.16. The van der Waals surface area contributed by atoms with Crippen LogP contribution in [0.2, 0.25) is 0 Å². The van der Waals surface area contributed by atoms with Crippen molar-refractivity contribution in [2.24, 2.45) is 4.99 Å². The summed E-state index contributed by atoms with van der Waals surface area (Å²) in [4.78, 5) is 25.7. The first-order valence-corrected chi connectivity index (χ1v) is 4.96. The van der Waals surface area contributed by atoms with Gasteiger partial charge in [-0.15, -0.1) is 0 Å². The van der Waals surface area contributed by atoms with E-state index in [0.717, 1.165) is 0 Å². The van der Waals surface area contributed by atoms with E-state index < -0.39 is 0 Å². The molecule has 0 saturated heterocycles. The molecule has 0 aliphatic heterocycles. The van der Waals surface area contributed by atoms with Gasteiger partial charge in [0, 0.05) is 19.2 Å². The molecular formula is C11H17NO4. The van der Waals surface area contributed by atoms with Gasteiger partial charge in [0.15, 0.2) is 5.78 Å². The fraction of sp³-hybridized carbons (Fsp3) is 0.545. The molecule has 90 valence electrons. The van der Waals surface area contributed by atoms with E-state index in [1.165, 1.54) is 27.2 Å². The molecule has 0 radical (unpaired) electrons. The molecule has 0 amide bonds. The topological polar surface area (TPSA) is 76.0 Å². The Balaban J connectivity index is 4.05. The number of hydrogen-bond donors (Lipinski definition) is 1. The smallest absolute Gasteiger partial charge is 0.305 e. The molecule has 0 spiro atoms. The summed E-state index contributed by atoms with van der Waals surface area (Å²) in [6, 6.07) is 0. The van der Waals surface area contributed by atoms with Gasteiger partial charge >= 0.3 is 5.97 Å². The Labute approximate surface area is 94.8 Å². The van der Waals surface area contributed by atoms with Crippen molar-refractivity contribution in [1.29, 1.82) is 0 Å². The van der Waals surface area contributed by atoms with Crippen LogP contribution in [-0.4, -0.2) is 36.7 Å². The first-order chi connectivity index (χ1) is 7.49. The minimum absolute atomic E-state index is 0.0517. The first kappa shape index (κ1) is 14.3. The van der Waals surface area contributed by atoms with Gasteiger partial charge in [0.05, 0.1) is 12.7 Å². The minimum atomic E-state index is -0.282. The lowest BCUT2D eigenvalue weighted by Crippen LogP contribution is -2.03. The molecule has 5 nitrogen and oxygen atoms in total. The van der Waals surface area contributed by atoms with Crippen LogP contribution in [0.5, 0.6) is 0 Å². The van der Waals surface area contributed by atoms with Crippen LogP contribution in [0.3, 0.4) is 0 Å². The van der Waals surface area contributed by atoms with Crippen LogP contribution in [0.15, 0.2) is 16.3 Å². The molecule has 0 aromatic carbocycles. The van der Waals surface area contributed by atoms with Crippen molar-refractivity contribution in [2.75, 3.05) is 13.7 Å². The monoisotopic (exact) mass is 227 g/mol. The maximum atomic E-state index is 11.0. The van der Waals surface area contributed by atoms with Gasteiger partial charge in [-0.25, -0.2) is 0 Å². The van der Waals surface area contributed by atoms with E-state index in [1.807, 2.05) is 0 Å². The molecule has 0 fully saturated rings. The fourth-order valence-corrected chi connectivity index (χ4v) is 1.01. The van der Waals surface area contributed by atoms with E-state index >= 15 is 0 Å². The second kappa shape index (κ2) is 7.62. The molecule has 0 rings (SSSR count). The number of aliphatic hydroxyl groups excluding tert-OH is 1. The molecule has 1 N–H and O–H groups in total. The number of rotatable bonds is 6. The van der Waals surface area contributed by atoms with Gasteiger partial charge in [-0.3, -0.25) is 14.6 Å². The Morgan fingerprint density at radius 3 is 2.44 bits per heavy atom. The Morgan fingerprint density at radius 2 is 2.00 bits per heavy atom. The molecule has 0 aromatic rings. The van der Waals surface area contributed by atoms with Crippen molar-refractivity contribution in [3.63, 3.8) is 0 Å². The van der Waals surface area contributed by atoms with Crippen LogP contribution in [0.25, 0.3) is 0 Å². The summed E-state index contributed by atoms with van der Waals surface area (Å²) < 4.78 is 4.46. The maximum Gasteiger partial charge on any atom is 0.305 e. The number of carbonyl (C=O) groups excluding carboxylic acids is 2. The normalized spacial score (nSPS) is 12.4. The number of aliphatic hydroxyl groups is 1. The summed E-state index contributed by atoms with van der Waals surface area (Å²) in [6.45, 7) is 3.20. The van der Waals surface area contributed by atoms with Crippen LogP contribution in [-0.2, 0) is 14.3 Å². The molecule has 0 unspecified atom stereocenters. The molecule has 0 heterocycles. The van der Waals surface area contributed by atoms with Crippen molar-refractivity contribution in [3.8, 4) is 0 Å². The van der Waals surface area contributed by atoms with Crippen LogP contribution < -0.4 is 0 Å². The lowest BCUT2D eigenvalue weighted by molar-refractivity contribution is -0.140. The standard InChI is InChI=1S/C11H17NO4/c1-8(13)10(9(2)14)7-12-6-4-5-11(15)16-3/h7,13H,4-6H2,1-3H3/b10-8-,12-7?. The zero-order valence-electron chi connectivity index (χ0n) is 9.82. The summed E-state index contributed by atoms with van der Waals surface area (Å²) >= 11 is 0. The highest BCUT2D eigenvalue weighted by Gasteiger charge is 2.04. The number of ketones is 1. The van der Waals surface area contributed by atoms with Crippen LogP contribution in [0, 0.1) is 0 Å². The van der Waals surface area contributed by atoms with Crippen molar-refractivity contribution in [3.05, 3.63) is 11.3 Å². The average molecular weight is 227 g/mol. The second-order valence-electron chi connectivity index (χ2n) is 3.27. The quantitative estimate of drug-likeness (QED) is 0.245. The minimum Gasteiger partial charge on any atom is -0.512 e. The highest BCUT2D eigenvalue weighted by molar-refractivity contribution is 6.12. The van der Waals surface area contributed by atoms with E-state index in [2.05, 4.69) is 9.73 Å². The molecule has 0 aliphatic rings. The predicted molar refractivity (Wildman–Crippen MR) is 60.6 cm³/mol. The van der Waals surface area contributed by atoms with Crippen molar-refractivity contribution < 1.29 is 19.4 Å². The van der Waals surface area contributed by atoms with Gasteiger partial charge in [0.1, 0.15) is 5.76 Å². The highest BCUT2D eigenvalue weighted by Crippen LogP contribution is 2.00. The number of nitrogens with zero attached hydrogens (tertiary/aromatic N) is 1. The third-order valence-electron chi connectivity index (χ3n) is 1.89. The third kappa shape index (κ3) is 5.95. The number of esters is 1. The molecule has 5 heteroatoms. The summed E-state index contributed by atoms with van der Waals surface area (Å²) in [7, 11) is 1.33. The highest BCUT2D eigenvalue weighted by atomic mass is 16.5. The summed E-state index contributed by atoms with van der Waals surface area (Å²) in [5.41, 5.74) is 0.193. The maximum absolute atomic E-state index is 11.0. The Bertz CT molecular complexity index is 314. The van der Waals surface area contributed by atoms with Gasteiger partial charge in [-0.2, -0.15) is 0 Å². The van der Waals surface area contributed by atoms with Crippen LogP contribution >= 0.6 is 0 Å². The lowest BCUT2D eigenvalue weighted by Gasteiger charge is -1.98. The van der Waals surface area contributed by atoms with E-state index in [1.54, 1.807) is 0 Å². The van der Waals surface area contributed by atoms with Gasteiger partial charge in [0.2, 0.25) is 0 Å². The van der Waals surface area contributed by atoms with E-state index in [9.17, 15) is 9.59 Å². The zero-order valence-corrected chi connectivity index (χ0v) is 9.82. The summed E-state index contributed by atoms with van der Waals surface area (Å²) in [5.74, 6) is -0.572. The van der Waals surface area contributed by atoms with Gasteiger partial charge in [0.25, 0.3) is 0 Å². The van der Waals surface area contributed by atoms with E-state index in [4.69, 9.17) is 5.11 Å². The number of Topliss-reactive ketones (excluding diaryl/α,β-unsaturated/α-hetero) is 1. The molecule has 0 atom stereocenters. The molecule has 0 aliphatic carbocycles. The van der Waals surface area contributed by atoms with Crippen molar-refractivity contribution in [2.45, 2.75) is 26.7 Å². The van der Waals surface area contributed by atoms with E-state index in [0.29, 0.717) is 19.4 Å². The van der Waals surface area contributed by atoms with Crippen molar-refractivity contribution >= 4 is 18.0 Å². The Morgan fingerprint density at radius 1 is 1.38 bits per heavy atom. The SMILES string of the molecule is COC(=O)CCCN=C/C(C(C)=O)=C(\C)O. The fourth-order valence-electron chi connectivity index (χ4n) is 1.01. The third-order valence-corrected chi connectivity index (χ3v) is 1.89. The van der Waals surface area contributed by atoms with Crippen LogP contribution in [0.1, 0.15) is 26.7 Å². The number of aliphatic imine (C=N–C) groups is 1. The molecular weight excluding hydrogens is 210 g/mol. The number of hydrogen-bond acceptors (Lipinski definition) is 5. The van der Waals surface area contributed by atoms with Gasteiger partial charge in [-0.1, -0.05) is 0 Å². The van der Waals surface area contributed by atoms with Gasteiger partial charge in [-0.05, 0) is 20.3 Å². The zero-order chi connectivity index (χ0) is 12.6. The number of ether oxygens (including phenoxy) is 1. The average Bonchev–Trinajstić information content (AvgIpc) is 2.21. The Kier molecular flexibility index (Phi) is 6.83. The second-order valence-corrected chi connectivity index (χ2v) is 3.27. The largest absolute Gasteiger partial charge is 0.512 e. The molecule has 0 aromatic heterocycles. The molecule has 0 bridgehead atoms. The van der Waals surface area contributed by atoms with Gasteiger partial charge < -0.3 is 9.84 Å². The van der Waals surface area contributed by atoms with Crippen molar-refractivity contribution in [1.82, 2.24) is 0 Å². The number of methoxy groups -OCH3 is 1. The lowest BCUT2D eigenvalue weighted by atomic mass is 10.2. The van der Waals surface area contributed by atoms with Crippen LogP contribution in [0.4, 0.5) is 0 Å². The number of carbonyl (C=O) groups is 2. The first-order valence-electron chi connectivity index (χ1n) is 4.96. The number of allylic oxidation sites excluding steroid dienone is 2. The van der Waals surface area contributed by atoms with E-state index in [-0.39, 0.29) is 23.1 Å². The predicted octanol–water partition coefficient (Wildman–Crippen LogP) is 1.43. The molecule has 16 heavy (non-hydrogen) atoms.